The van der Waals surface area contributed by atoms with Gasteiger partial charge in [-0.3, -0.25) is 4.79 Å². The molecule has 2 aromatic carbocycles. The summed E-state index contributed by atoms with van der Waals surface area (Å²) in [6, 6.07) is 17.3. The lowest BCUT2D eigenvalue weighted by atomic mass is 9.83. The van der Waals surface area contributed by atoms with Crippen LogP contribution < -0.4 is 11.1 Å². The molecule has 3 nitrogen and oxygen atoms in total. The molecule has 0 aromatic heterocycles. The Kier molecular flexibility index (Phi) is 4.08. The van der Waals surface area contributed by atoms with Crippen LogP contribution in [0.5, 0.6) is 0 Å². The summed E-state index contributed by atoms with van der Waals surface area (Å²) in [6.07, 6.45) is 0. The van der Waals surface area contributed by atoms with Gasteiger partial charge in [-0.15, -0.1) is 0 Å². The highest BCUT2D eigenvalue weighted by Crippen LogP contribution is 2.24. The number of amides is 1. The van der Waals surface area contributed by atoms with Crippen LogP contribution in [0.25, 0.3) is 0 Å². The fraction of sp³-hybridized carbons (Fsp3) is 0.235. The molecule has 0 radical (unpaired) electrons. The second-order valence-corrected chi connectivity index (χ2v) is 5.42. The summed E-state index contributed by atoms with van der Waals surface area (Å²) in [5, 5.41) is 2.98. The fourth-order valence-corrected chi connectivity index (χ4v) is 2.03. The van der Waals surface area contributed by atoms with Crippen LogP contribution in [0.2, 0.25) is 0 Å². The average molecular weight is 268 g/mol. The predicted molar refractivity (Wildman–Crippen MR) is 82.2 cm³/mol. The van der Waals surface area contributed by atoms with Crippen molar-refractivity contribution < 1.29 is 4.79 Å². The van der Waals surface area contributed by atoms with E-state index in [1.54, 1.807) is 0 Å². The zero-order valence-corrected chi connectivity index (χ0v) is 11.9. The summed E-state index contributed by atoms with van der Waals surface area (Å²) >= 11 is 0. The number of hydrogen-bond acceptors (Lipinski definition) is 2. The first-order valence-corrected chi connectivity index (χ1v) is 6.68. The summed E-state index contributed by atoms with van der Waals surface area (Å²) in [5.74, 6) is 0.00567. The van der Waals surface area contributed by atoms with E-state index in [4.69, 9.17) is 5.73 Å². The highest BCUT2D eigenvalue weighted by atomic mass is 16.2. The van der Waals surface area contributed by atoms with E-state index in [0.29, 0.717) is 12.2 Å². The lowest BCUT2D eigenvalue weighted by Gasteiger charge is -2.24. The standard InChI is InChI=1S/C17H20N2O/c1-17(2,14-8-10-15(18)11-9-14)16(20)19-12-13-6-4-3-5-7-13/h3-11H,12,18H2,1-2H3,(H,19,20). The van der Waals surface area contributed by atoms with Gasteiger partial charge in [-0.2, -0.15) is 0 Å². The van der Waals surface area contributed by atoms with Crippen molar-refractivity contribution in [3.8, 4) is 0 Å². The Morgan fingerprint density at radius 3 is 2.25 bits per heavy atom. The van der Waals surface area contributed by atoms with Crippen molar-refractivity contribution in [1.29, 1.82) is 0 Å². The van der Waals surface area contributed by atoms with Crippen LogP contribution in [0.15, 0.2) is 54.6 Å². The van der Waals surface area contributed by atoms with Crippen LogP contribution in [0.4, 0.5) is 5.69 Å². The second-order valence-electron chi connectivity index (χ2n) is 5.42. The third-order valence-electron chi connectivity index (χ3n) is 3.50. The zero-order chi connectivity index (χ0) is 14.6. The first-order chi connectivity index (χ1) is 9.50. The third kappa shape index (κ3) is 3.18. The van der Waals surface area contributed by atoms with Crippen LogP contribution in [0.1, 0.15) is 25.0 Å². The van der Waals surface area contributed by atoms with E-state index in [1.165, 1.54) is 0 Å². The normalized spacial score (nSPS) is 11.1. The van der Waals surface area contributed by atoms with E-state index in [2.05, 4.69) is 5.32 Å². The molecule has 0 bridgehead atoms. The summed E-state index contributed by atoms with van der Waals surface area (Å²) in [7, 11) is 0. The molecule has 104 valence electrons. The molecule has 2 aromatic rings. The minimum absolute atomic E-state index is 0.00567. The molecule has 0 atom stereocenters. The highest BCUT2D eigenvalue weighted by Gasteiger charge is 2.29. The Balaban J connectivity index is 2.05. The quantitative estimate of drug-likeness (QED) is 0.838. The van der Waals surface area contributed by atoms with E-state index >= 15 is 0 Å². The Morgan fingerprint density at radius 2 is 1.65 bits per heavy atom. The fourth-order valence-electron chi connectivity index (χ4n) is 2.03. The molecule has 0 aliphatic rings. The van der Waals surface area contributed by atoms with Crippen LogP contribution in [0, 0.1) is 0 Å². The maximum atomic E-state index is 12.4. The van der Waals surface area contributed by atoms with Gasteiger partial charge in [0.25, 0.3) is 0 Å². The molecule has 1 amide bonds. The summed E-state index contributed by atoms with van der Waals surface area (Å²) in [4.78, 5) is 12.4. The van der Waals surface area contributed by atoms with Crippen LogP contribution >= 0.6 is 0 Å². The molecule has 20 heavy (non-hydrogen) atoms. The van der Waals surface area contributed by atoms with Crippen LogP contribution in [0.3, 0.4) is 0 Å². The number of rotatable bonds is 4. The van der Waals surface area contributed by atoms with Gasteiger partial charge in [0, 0.05) is 12.2 Å². The molecular formula is C17H20N2O. The van der Waals surface area contributed by atoms with Gasteiger partial charge in [0.2, 0.25) is 5.91 Å². The Morgan fingerprint density at radius 1 is 1.05 bits per heavy atom. The van der Waals surface area contributed by atoms with Gasteiger partial charge < -0.3 is 11.1 Å². The van der Waals surface area contributed by atoms with Crippen molar-refractivity contribution in [1.82, 2.24) is 5.32 Å². The van der Waals surface area contributed by atoms with Crippen LogP contribution in [-0.4, -0.2) is 5.91 Å². The highest BCUT2D eigenvalue weighted by molar-refractivity contribution is 5.87. The van der Waals surface area contributed by atoms with E-state index in [9.17, 15) is 4.79 Å². The number of nitrogen functional groups attached to an aromatic ring is 1. The van der Waals surface area contributed by atoms with Gasteiger partial charge in [-0.25, -0.2) is 0 Å². The van der Waals surface area contributed by atoms with Gasteiger partial charge in [0.1, 0.15) is 0 Å². The van der Waals surface area contributed by atoms with Crippen LogP contribution in [-0.2, 0) is 16.8 Å². The minimum atomic E-state index is -0.581. The molecular weight excluding hydrogens is 248 g/mol. The molecule has 3 N–H and O–H groups in total. The van der Waals surface area contributed by atoms with E-state index < -0.39 is 5.41 Å². The maximum Gasteiger partial charge on any atom is 0.230 e. The first-order valence-electron chi connectivity index (χ1n) is 6.68. The number of carbonyl (C=O) groups is 1. The third-order valence-corrected chi connectivity index (χ3v) is 3.50. The van der Waals surface area contributed by atoms with Crippen molar-refractivity contribution >= 4 is 11.6 Å². The molecule has 0 spiro atoms. The van der Waals surface area contributed by atoms with Gasteiger partial charge in [-0.1, -0.05) is 42.5 Å². The summed E-state index contributed by atoms with van der Waals surface area (Å²) in [6.45, 7) is 4.37. The zero-order valence-electron chi connectivity index (χ0n) is 11.9. The predicted octanol–water partition coefficient (Wildman–Crippen LogP) is 2.86. The van der Waals surface area contributed by atoms with Crippen molar-refractivity contribution in [3.05, 3.63) is 65.7 Å². The van der Waals surface area contributed by atoms with Crippen molar-refractivity contribution in [2.24, 2.45) is 0 Å². The molecule has 0 unspecified atom stereocenters. The Labute approximate surface area is 119 Å². The molecule has 0 aliphatic carbocycles. The van der Waals surface area contributed by atoms with Crippen molar-refractivity contribution in [3.63, 3.8) is 0 Å². The number of carbonyl (C=O) groups excluding carboxylic acids is 1. The van der Waals surface area contributed by atoms with E-state index in [0.717, 1.165) is 11.1 Å². The molecule has 0 saturated heterocycles. The Hall–Kier alpha value is -2.29. The summed E-state index contributed by atoms with van der Waals surface area (Å²) < 4.78 is 0. The number of hydrogen-bond donors (Lipinski definition) is 2. The van der Waals surface area contributed by atoms with Gasteiger partial charge in [0.15, 0.2) is 0 Å². The summed E-state index contributed by atoms with van der Waals surface area (Å²) in [5.41, 5.74) is 7.85. The molecule has 2 rings (SSSR count). The molecule has 0 heterocycles. The largest absolute Gasteiger partial charge is 0.399 e. The maximum absolute atomic E-state index is 12.4. The molecule has 3 heteroatoms. The monoisotopic (exact) mass is 268 g/mol. The SMILES string of the molecule is CC(C)(C(=O)NCc1ccccc1)c1ccc(N)cc1. The minimum Gasteiger partial charge on any atom is -0.399 e. The Bertz CT molecular complexity index is 574. The van der Waals surface area contributed by atoms with Gasteiger partial charge >= 0.3 is 0 Å². The number of benzene rings is 2. The number of nitrogens with one attached hydrogen (secondary N) is 1. The van der Waals surface area contributed by atoms with E-state index in [-0.39, 0.29) is 5.91 Å². The van der Waals surface area contributed by atoms with Crippen molar-refractivity contribution in [2.75, 3.05) is 5.73 Å². The first kappa shape index (κ1) is 14.1. The molecule has 0 fully saturated rings. The topological polar surface area (TPSA) is 55.1 Å². The van der Waals surface area contributed by atoms with Gasteiger partial charge in [-0.05, 0) is 37.1 Å². The van der Waals surface area contributed by atoms with Crippen molar-refractivity contribution in [2.45, 2.75) is 25.8 Å². The molecule has 0 aliphatic heterocycles. The lowest BCUT2D eigenvalue weighted by Crippen LogP contribution is -2.39. The average Bonchev–Trinajstić information content (AvgIpc) is 2.46. The number of anilines is 1. The van der Waals surface area contributed by atoms with E-state index in [1.807, 2.05) is 68.4 Å². The van der Waals surface area contributed by atoms with Gasteiger partial charge in [0.05, 0.1) is 5.41 Å². The number of nitrogens with two attached hydrogens (primary N) is 1. The smallest absolute Gasteiger partial charge is 0.230 e. The lowest BCUT2D eigenvalue weighted by molar-refractivity contribution is -0.125. The second kappa shape index (κ2) is 5.78. The molecule has 0 saturated carbocycles.